The van der Waals surface area contributed by atoms with E-state index in [9.17, 15) is 9.59 Å². The Morgan fingerprint density at radius 2 is 2.12 bits per heavy atom. The second kappa shape index (κ2) is 4.53. The molecular weight excluding hydrogens is 204 g/mol. The average molecular weight is 224 g/mol. The molecular formula is C12H20N2O2. The number of likely N-dealkylation sites (tertiary alicyclic amines) is 1. The molecule has 16 heavy (non-hydrogen) atoms. The van der Waals surface area contributed by atoms with Crippen molar-refractivity contribution in [1.29, 1.82) is 0 Å². The number of carbonyl (C=O) groups excluding carboxylic acids is 2. The molecule has 1 saturated heterocycles. The number of imide groups is 1. The molecule has 0 aromatic carbocycles. The molecule has 3 unspecified atom stereocenters. The lowest BCUT2D eigenvalue weighted by molar-refractivity contribution is -0.138. The Bertz CT molecular complexity index is 303. The maximum Gasteiger partial charge on any atom is 0.246 e. The molecule has 2 amide bonds. The zero-order valence-corrected chi connectivity index (χ0v) is 10.0. The Hall–Kier alpha value is -0.900. The topological polar surface area (TPSA) is 49.4 Å². The largest absolute Gasteiger partial charge is 0.303 e. The second-order valence-corrected chi connectivity index (χ2v) is 5.01. The van der Waals surface area contributed by atoms with E-state index in [0.717, 1.165) is 18.8 Å². The van der Waals surface area contributed by atoms with Crippen molar-refractivity contribution in [3.05, 3.63) is 0 Å². The third-order valence-corrected chi connectivity index (χ3v) is 3.69. The van der Waals surface area contributed by atoms with E-state index < -0.39 is 0 Å². The van der Waals surface area contributed by atoms with Crippen molar-refractivity contribution in [2.75, 3.05) is 6.54 Å². The highest BCUT2D eigenvalue weighted by atomic mass is 16.2. The van der Waals surface area contributed by atoms with Crippen LogP contribution in [0.3, 0.4) is 0 Å². The quantitative estimate of drug-likeness (QED) is 0.725. The zero-order valence-electron chi connectivity index (χ0n) is 10.0. The third kappa shape index (κ3) is 2.12. The third-order valence-electron chi connectivity index (χ3n) is 3.69. The number of carbonyl (C=O) groups is 2. The summed E-state index contributed by atoms with van der Waals surface area (Å²) >= 11 is 0. The summed E-state index contributed by atoms with van der Waals surface area (Å²) in [6, 6.07) is 0.163. The van der Waals surface area contributed by atoms with Crippen molar-refractivity contribution in [1.82, 2.24) is 10.2 Å². The predicted octanol–water partition coefficient (Wildman–Crippen LogP) is 0.912. The summed E-state index contributed by atoms with van der Waals surface area (Å²) in [7, 11) is 0. The lowest BCUT2D eigenvalue weighted by Crippen LogP contribution is -2.42. The van der Waals surface area contributed by atoms with Gasteiger partial charge in [0.05, 0.1) is 12.5 Å². The van der Waals surface area contributed by atoms with Crippen LogP contribution in [0.15, 0.2) is 0 Å². The molecule has 4 heteroatoms. The molecule has 3 atom stereocenters. The molecule has 1 N–H and O–H groups in total. The second-order valence-electron chi connectivity index (χ2n) is 5.01. The molecule has 1 aliphatic carbocycles. The van der Waals surface area contributed by atoms with Gasteiger partial charge in [0, 0.05) is 12.6 Å². The molecule has 90 valence electrons. The Kier molecular flexibility index (Phi) is 3.28. The average Bonchev–Trinajstić information content (AvgIpc) is 2.74. The van der Waals surface area contributed by atoms with Crippen molar-refractivity contribution in [2.24, 2.45) is 5.92 Å². The van der Waals surface area contributed by atoms with E-state index in [1.807, 2.05) is 6.92 Å². The Morgan fingerprint density at radius 1 is 1.38 bits per heavy atom. The fraction of sp³-hybridized carbons (Fsp3) is 0.833. The van der Waals surface area contributed by atoms with Gasteiger partial charge in [-0.1, -0.05) is 6.92 Å². The number of amides is 2. The Labute approximate surface area is 96.4 Å². The first-order valence-corrected chi connectivity index (χ1v) is 6.22. The van der Waals surface area contributed by atoms with Crippen LogP contribution in [0, 0.1) is 5.92 Å². The van der Waals surface area contributed by atoms with Crippen molar-refractivity contribution in [2.45, 2.75) is 51.6 Å². The van der Waals surface area contributed by atoms with Gasteiger partial charge in [0.2, 0.25) is 11.8 Å². The first kappa shape index (κ1) is 11.6. The van der Waals surface area contributed by atoms with Crippen LogP contribution in [0.25, 0.3) is 0 Å². The summed E-state index contributed by atoms with van der Waals surface area (Å²) in [6.07, 6.45) is 3.83. The van der Waals surface area contributed by atoms with Gasteiger partial charge in [0.15, 0.2) is 0 Å². The van der Waals surface area contributed by atoms with Crippen LogP contribution in [-0.2, 0) is 9.59 Å². The number of likely N-dealkylation sites (N-methyl/N-ethyl adjacent to an activating group) is 1. The molecule has 0 radical (unpaired) electrons. The van der Waals surface area contributed by atoms with E-state index in [-0.39, 0.29) is 17.9 Å². The first-order chi connectivity index (χ1) is 7.61. The van der Waals surface area contributed by atoms with E-state index in [4.69, 9.17) is 0 Å². The van der Waals surface area contributed by atoms with Gasteiger partial charge in [0.1, 0.15) is 0 Å². The first-order valence-electron chi connectivity index (χ1n) is 6.22. The smallest absolute Gasteiger partial charge is 0.246 e. The lowest BCUT2D eigenvalue weighted by atomic mass is 10.1. The highest BCUT2D eigenvalue weighted by molar-refractivity contribution is 6.05. The van der Waals surface area contributed by atoms with Gasteiger partial charge < -0.3 is 5.32 Å². The minimum absolute atomic E-state index is 0.0314. The minimum atomic E-state index is -0.261. The fourth-order valence-corrected chi connectivity index (χ4v) is 2.79. The molecule has 1 saturated carbocycles. The van der Waals surface area contributed by atoms with Crippen molar-refractivity contribution in [3.8, 4) is 0 Å². The summed E-state index contributed by atoms with van der Waals surface area (Å²) < 4.78 is 0. The van der Waals surface area contributed by atoms with Crippen LogP contribution < -0.4 is 5.32 Å². The molecule has 0 aromatic heterocycles. The summed E-state index contributed by atoms with van der Waals surface area (Å²) in [4.78, 5) is 24.7. The van der Waals surface area contributed by atoms with E-state index in [1.54, 1.807) is 0 Å². The predicted molar refractivity (Wildman–Crippen MR) is 60.7 cm³/mol. The monoisotopic (exact) mass is 224 g/mol. The Morgan fingerprint density at radius 3 is 2.62 bits per heavy atom. The molecule has 1 aliphatic heterocycles. The van der Waals surface area contributed by atoms with Crippen molar-refractivity contribution in [3.63, 3.8) is 0 Å². The standard InChI is InChI=1S/C12H20N2O2/c1-3-14-11(15)7-10(12(14)16)13-9-5-4-8(2)6-9/h8-10,13H,3-7H2,1-2H3. The van der Waals surface area contributed by atoms with Crippen molar-refractivity contribution >= 4 is 11.8 Å². The van der Waals surface area contributed by atoms with Gasteiger partial charge in [-0.2, -0.15) is 0 Å². The van der Waals surface area contributed by atoms with Crippen LogP contribution in [0.1, 0.15) is 39.5 Å². The van der Waals surface area contributed by atoms with Gasteiger partial charge >= 0.3 is 0 Å². The fourth-order valence-electron chi connectivity index (χ4n) is 2.79. The van der Waals surface area contributed by atoms with Gasteiger partial charge in [-0.15, -0.1) is 0 Å². The molecule has 1 heterocycles. The minimum Gasteiger partial charge on any atom is -0.303 e. The van der Waals surface area contributed by atoms with Gasteiger partial charge in [-0.05, 0) is 32.1 Å². The van der Waals surface area contributed by atoms with Crippen LogP contribution >= 0.6 is 0 Å². The SMILES string of the molecule is CCN1C(=O)CC(NC2CCC(C)C2)C1=O. The van der Waals surface area contributed by atoms with Crippen LogP contribution in [0.4, 0.5) is 0 Å². The number of nitrogens with one attached hydrogen (secondary N) is 1. The van der Waals surface area contributed by atoms with E-state index in [0.29, 0.717) is 19.0 Å². The molecule has 0 spiro atoms. The van der Waals surface area contributed by atoms with E-state index in [1.165, 1.54) is 11.3 Å². The summed E-state index contributed by atoms with van der Waals surface area (Å²) in [6.45, 7) is 4.58. The van der Waals surface area contributed by atoms with Crippen molar-refractivity contribution < 1.29 is 9.59 Å². The van der Waals surface area contributed by atoms with Crippen LogP contribution in [0.5, 0.6) is 0 Å². The van der Waals surface area contributed by atoms with Gasteiger partial charge in [-0.3, -0.25) is 14.5 Å². The van der Waals surface area contributed by atoms with Crippen LogP contribution in [0.2, 0.25) is 0 Å². The highest BCUT2D eigenvalue weighted by Crippen LogP contribution is 2.26. The number of nitrogens with zero attached hydrogens (tertiary/aromatic N) is 1. The molecule has 4 nitrogen and oxygen atoms in total. The van der Waals surface area contributed by atoms with Crippen LogP contribution in [-0.4, -0.2) is 35.3 Å². The Balaban J connectivity index is 1.92. The lowest BCUT2D eigenvalue weighted by Gasteiger charge is -2.17. The number of hydrogen-bond donors (Lipinski definition) is 1. The summed E-state index contributed by atoms with van der Waals surface area (Å²) in [5.74, 6) is 0.676. The zero-order chi connectivity index (χ0) is 11.7. The molecule has 2 aliphatic rings. The maximum absolute atomic E-state index is 11.9. The molecule has 0 bridgehead atoms. The normalized spacial score (nSPS) is 35.1. The van der Waals surface area contributed by atoms with E-state index in [2.05, 4.69) is 12.2 Å². The molecule has 2 rings (SSSR count). The van der Waals surface area contributed by atoms with E-state index >= 15 is 0 Å². The molecule has 0 aromatic rings. The molecule has 2 fully saturated rings. The number of hydrogen-bond acceptors (Lipinski definition) is 3. The summed E-state index contributed by atoms with van der Waals surface area (Å²) in [5, 5.41) is 3.34. The summed E-state index contributed by atoms with van der Waals surface area (Å²) in [5.41, 5.74) is 0. The number of rotatable bonds is 3. The maximum atomic E-state index is 11.9. The van der Waals surface area contributed by atoms with Gasteiger partial charge in [0.25, 0.3) is 0 Å². The van der Waals surface area contributed by atoms with Gasteiger partial charge in [-0.25, -0.2) is 0 Å². The highest BCUT2D eigenvalue weighted by Gasteiger charge is 2.39.